The summed E-state index contributed by atoms with van der Waals surface area (Å²) in [7, 11) is 0. The van der Waals surface area contributed by atoms with Crippen LogP contribution in [0.15, 0.2) is 29.4 Å². The molecule has 1 aromatic rings. The summed E-state index contributed by atoms with van der Waals surface area (Å²) >= 11 is 0. The second-order valence-electron chi connectivity index (χ2n) is 4.09. The van der Waals surface area contributed by atoms with Gasteiger partial charge in [0.25, 0.3) is 0 Å². The number of azide groups is 1. The summed E-state index contributed by atoms with van der Waals surface area (Å²) in [5, 5.41) is 22.6. The Labute approximate surface area is 121 Å². The van der Waals surface area contributed by atoms with Crippen LogP contribution >= 0.6 is 0 Å². The fraction of sp³-hybridized carbons (Fsp3) is 0.462. The first-order chi connectivity index (χ1) is 10.1. The van der Waals surface area contributed by atoms with Crippen LogP contribution in [0.3, 0.4) is 0 Å². The van der Waals surface area contributed by atoms with Gasteiger partial charge in [-0.3, -0.25) is 0 Å². The number of carbonyl (C=O) groups excluding carboxylic acids is 1. The molecule has 0 aliphatic carbocycles. The second kappa shape index (κ2) is 8.80. The molecule has 2 atom stereocenters. The summed E-state index contributed by atoms with van der Waals surface area (Å²) in [6.07, 6.45) is -2.36. The van der Waals surface area contributed by atoms with E-state index in [4.69, 9.17) is 15.0 Å². The molecular formula is C13H17N3O5. The number of nitrogens with zero attached hydrogens (tertiary/aromatic N) is 3. The Hall–Kier alpha value is -2.28. The molecule has 1 rings (SSSR count). The van der Waals surface area contributed by atoms with Gasteiger partial charge in [-0.1, -0.05) is 17.2 Å². The maximum atomic E-state index is 11.1. The highest BCUT2D eigenvalue weighted by Gasteiger charge is 2.17. The third-order valence-electron chi connectivity index (χ3n) is 2.58. The van der Waals surface area contributed by atoms with Gasteiger partial charge in [0.2, 0.25) is 0 Å². The van der Waals surface area contributed by atoms with Gasteiger partial charge in [-0.15, -0.1) is 0 Å². The normalized spacial score (nSPS) is 12.9. The van der Waals surface area contributed by atoms with Crippen LogP contribution in [0.5, 0.6) is 5.75 Å². The molecule has 0 spiro atoms. The molecule has 1 aromatic carbocycles. The standard InChI is InChI=1S/C13H17N3O5/c1-2-20-12(18)8-21-10-5-3-9(4-6-10)13(19)11(17)7-15-16-14/h3-6,11,13,17,19H,2,7-8H2,1H3. The van der Waals surface area contributed by atoms with Gasteiger partial charge < -0.3 is 19.7 Å². The molecule has 0 saturated heterocycles. The Balaban J connectivity index is 2.56. The van der Waals surface area contributed by atoms with Crippen molar-refractivity contribution < 1.29 is 24.5 Å². The Bertz CT molecular complexity index is 499. The van der Waals surface area contributed by atoms with Crippen LogP contribution in [-0.4, -0.2) is 42.0 Å². The SMILES string of the molecule is CCOC(=O)COc1ccc(C(O)C(O)CN=[N+]=[N-])cc1. The molecule has 0 aliphatic heterocycles. The molecule has 0 radical (unpaired) electrons. The zero-order chi connectivity index (χ0) is 15.7. The van der Waals surface area contributed by atoms with Crippen molar-refractivity contribution in [2.75, 3.05) is 19.8 Å². The molecule has 0 bridgehead atoms. The molecule has 2 unspecified atom stereocenters. The van der Waals surface area contributed by atoms with Crippen LogP contribution in [0.2, 0.25) is 0 Å². The molecule has 114 valence electrons. The summed E-state index contributed by atoms with van der Waals surface area (Å²) in [6.45, 7) is 1.57. The van der Waals surface area contributed by atoms with Crippen molar-refractivity contribution in [3.05, 3.63) is 40.3 Å². The Morgan fingerprint density at radius 3 is 2.62 bits per heavy atom. The average Bonchev–Trinajstić information content (AvgIpc) is 2.50. The molecule has 2 N–H and O–H groups in total. The number of benzene rings is 1. The zero-order valence-corrected chi connectivity index (χ0v) is 11.5. The Morgan fingerprint density at radius 2 is 2.05 bits per heavy atom. The van der Waals surface area contributed by atoms with E-state index < -0.39 is 18.2 Å². The predicted octanol–water partition coefficient (Wildman–Crippen LogP) is 1.33. The van der Waals surface area contributed by atoms with Gasteiger partial charge in [0.1, 0.15) is 11.9 Å². The summed E-state index contributed by atoms with van der Waals surface area (Å²) in [6, 6.07) is 6.20. The van der Waals surface area contributed by atoms with Crippen LogP contribution in [0, 0.1) is 0 Å². The van der Waals surface area contributed by atoms with E-state index in [2.05, 4.69) is 10.0 Å². The Kier molecular flexibility index (Phi) is 7.03. The summed E-state index contributed by atoms with van der Waals surface area (Å²) < 4.78 is 9.91. The van der Waals surface area contributed by atoms with Gasteiger partial charge in [0.15, 0.2) is 6.61 Å². The quantitative estimate of drug-likeness (QED) is 0.324. The van der Waals surface area contributed by atoms with E-state index in [1.165, 1.54) is 0 Å². The molecule has 0 saturated carbocycles. The number of carbonyl (C=O) groups is 1. The fourth-order valence-corrected chi connectivity index (χ4v) is 1.55. The average molecular weight is 295 g/mol. The van der Waals surface area contributed by atoms with Crippen LogP contribution in [-0.2, 0) is 9.53 Å². The van der Waals surface area contributed by atoms with E-state index in [9.17, 15) is 15.0 Å². The number of aliphatic hydroxyl groups excluding tert-OH is 2. The first kappa shape index (κ1) is 16.8. The minimum Gasteiger partial charge on any atom is -0.482 e. The van der Waals surface area contributed by atoms with Crippen molar-refractivity contribution in [1.29, 1.82) is 0 Å². The lowest BCUT2D eigenvalue weighted by Gasteiger charge is -2.16. The van der Waals surface area contributed by atoms with Gasteiger partial charge in [-0.2, -0.15) is 0 Å². The van der Waals surface area contributed by atoms with Crippen LogP contribution in [0.4, 0.5) is 0 Å². The molecule has 8 nitrogen and oxygen atoms in total. The number of rotatable bonds is 8. The monoisotopic (exact) mass is 295 g/mol. The molecular weight excluding hydrogens is 278 g/mol. The van der Waals surface area contributed by atoms with Crippen molar-refractivity contribution in [3.63, 3.8) is 0 Å². The van der Waals surface area contributed by atoms with Crippen molar-refractivity contribution in [2.24, 2.45) is 5.11 Å². The van der Waals surface area contributed by atoms with Gasteiger partial charge in [0.05, 0.1) is 19.3 Å². The van der Waals surface area contributed by atoms with Crippen molar-refractivity contribution in [1.82, 2.24) is 0 Å². The number of ether oxygens (including phenoxy) is 2. The summed E-state index contributed by atoms with van der Waals surface area (Å²) in [5.74, 6) is -0.0325. The van der Waals surface area contributed by atoms with E-state index >= 15 is 0 Å². The Morgan fingerprint density at radius 1 is 1.38 bits per heavy atom. The predicted molar refractivity (Wildman–Crippen MR) is 73.5 cm³/mol. The molecule has 0 fully saturated rings. The number of hydrogen-bond donors (Lipinski definition) is 2. The fourth-order valence-electron chi connectivity index (χ4n) is 1.55. The molecule has 21 heavy (non-hydrogen) atoms. The maximum absolute atomic E-state index is 11.1. The number of hydrogen-bond acceptors (Lipinski definition) is 6. The molecule has 0 aromatic heterocycles. The third kappa shape index (κ3) is 5.70. The smallest absolute Gasteiger partial charge is 0.344 e. The van der Waals surface area contributed by atoms with Crippen molar-refractivity contribution >= 4 is 5.97 Å². The largest absolute Gasteiger partial charge is 0.482 e. The highest BCUT2D eigenvalue weighted by atomic mass is 16.6. The highest BCUT2D eigenvalue weighted by Crippen LogP contribution is 2.20. The summed E-state index contributed by atoms with van der Waals surface area (Å²) in [4.78, 5) is 13.6. The number of aliphatic hydroxyl groups is 2. The van der Waals surface area contributed by atoms with E-state index in [0.29, 0.717) is 11.3 Å². The molecule has 0 heterocycles. The lowest BCUT2D eigenvalue weighted by molar-refractivity contribution is -0.145. The minimum atomic E-state index is -1.19. The minimum absolute atomic E-state index is 0.199. The lowest BCUT2D eigenvalue weighted by Crippen LogP contribution is -2.21. The van der Waals surface area contributed by atoms with Crippen LogP contribution in [0.25, 0.3) is 10.4 Å². The van der Waals surface area contributed by atoms with Gasteiger partial charge >= 0.3 is 5.97 Å². The number of esters is 1. The van der Waals surface area contributed by atoms with Crippen LogP contribution in [0.1, 0.15) is 18.6 Å². The topological polar surface area (TPSA) is 125 Å². The van der Waals surface area contributed by atoms with Gasteiger partial charge in [-0.05, 0) is 30.2 Å². The first-order valence-electron chi connectivity index (χ1n) is 6.33. The van der Waals surface area contributed by atoms with E-state index in [1.54, 1.807) is 31.2 Å². The third-order valence-corrected chi connectivity index (χ3v) is 2.58. The van der Waals surface area contributed by atoms with E-state index in [-0.39, 0.29) is 19.8 Å². The molecule has 0 aliphatic rings. The second-order valence-corrected chi connectivity index (χ2v) is 4.09. The van der Waals surface area contributed by atoms with E-state index in [1.807, 2.05) is 0 Å². The maximum Gasteiger partial charge on any atom is 0.344 e. The first-order valence-corrected chi connectivity index (χ1v) is 6.33. The van der Waals surface area contributed by atoms with Gasteiger partial charge in [0, 0.05) is 4.91 Å². The van der Waals surface area contributed by atoms with Gasteiger partial charge in [-0.25, -0.2) is 4.79 Å². The lowest BCUT2D eigenvalue weighted by atomic mass is 10.0. The van der Waals surface area contributed by atoms with Crippen molar-refractivity contribution in [2.45, 2.75) is 19.1 Å². The van der Waals surface area contributed by atoms with Crippen molar-refractivity contribution in [3.8, 4) is 5.75 Å². The van der Waals surface area contributed by atoms with E-state index in [0.717, 1.165) is 0 Å². The summed E-state index contributed by atoms with van der Waals surface area (Å²) in [5.41, 5.74) is 8.60. The zero-order valence-electron chi connectivity index (χ0n) is 11.5. The highest BCUT2D eigenvalue weighted by molar-refractivity contribution is 5.71. The molecule has 8 heteroatoms. The molecule has 0 amide bonds. The van der Waals surface area contributed by atoms with Crippen LogP contribution < -0.4 is 4.74 Å².